The third-order valence-electron chi connectivity index (χ3n) is 3.68. The number of rotatable bonds is 4. The highest BCUT2D eigenvalue weighted by atomic mass is 16.2. The normalized spacial score (nSPS) is 18.9. The molecule has 1 saturated heterocycles. The maximum Gasteiger partial charge on any atom is 0.222 e. The highest BCUT2D eigenvalue weighted by Gasteiger charge is 2.18. The topological polar surface area (TPSA) is 58.1 Å². The predicted molar refractivity (Wildman–Crippen MR) is 78.6 cm³/mol. The van der Waals surface area contributed by atoms with Gasteiger partial charge in [-0.05, 0) is 38.8 Å². The standard InChI is InChI=1S/C15H24N4O/c1-11-9-13(6-7-14(20)19(2)3)18-15(17-11)12-5-4-8-16-10-12/h9,12,16H,4-8,10H2,1-3H3/t12-/m1/s1. The number of carbonyl (C=O) groups excluding carboxylic acids is 1. The van der Waals surface area contributed by atoms with Gasteiger partial charge in [0.25, 0.3) is 0 Å². The summed E-state index contributed by atoms with van der Waals surface area (Å²) in [6.45, 7) is 4.05. The minimum atomic E-state index is 0.141. The van der Waals surface area contributed by atoms with Crippen LogP contribution in [-0.4, -0.2) is 48.0 Å². The summed E-state index contributed by atoms with van der Waals surface area (Å²) in [5, 5.41) is 3.40. The van der Waals surface area contributed by atoms with Crippen molar-refractivity contribution >= 4 is 5.91 Å². The number of piperidine rings is 1. The lowest BCUT2D eigenvalue weighted by atomic mass is 9.98. The van der Waals surface area contributed by atoms with E-state index < -0.39 is 0 Å². The first-order valence-electron chi connectivity index (χ1n) is 7.31. The second-order valence-corrected chi connectivity index (χ2v) is 5.69. The van der Waals surface area contributed by atoms with Crippen LogP contribution in [0.3, 0.4) is 0 Å². The second kappa shape index (κ2) is 6.79. The molecule has 110 valence electrons. The molecule has 1 aromatic heterocycles. The zero-order valence-electron chi connectivity index (χ0n) is 12.6. The van der Waals surface area contributed by atoms with Crippen molar-refractivity contribution in [3.8, 4) is 0 Å². The van der Waals surface area contributed by atoms with Gasteiger partial charge >= 0.3 is 0 Å². The summed E-state index contributed by atoms with van der Waals surface area (Å²) in [5.74, 6) is 1.48. The van der Waals surface area contributed by atoms with E-state index in [9.17, 15) is 4.79 Å². The summed E-state index contributed by atoms with van der Waals surface area (Å²) < 4.78 is 0. The fraction of sp³-hybridized carbons (Fsp3) is 0.667. The van der Waals surface area contributed by atoms with Gasteiger partial charge in [-0.25, -0.2) is 9.97 Å². The van der Waals surface area contributed by atoms with E-state index in [2.05, 4.69) is 15.3 Å². The molecule has 0 bridgehead atoms. The molecule has 1 atom stereocenters. The van der Waals surface area contributed by atoms with Crippen LogP contribution in [0.4, 0.5) is 0 Å². The number of hydrogen-bond acceptors (Lipinski definition) is 4. The summed E-state index contributed by atoms with van der Waals surface area (Å²) in [7, 11) is 3.57. The lowest BCUT2D eigenvalue weighted by Crippen LogP contribution is -2.29. The van der Waals surface area contributed by atoms with E-state index in [1.807, 2.05) is 13.0 Å². The Kier molecular flexibility index (Phi) is 5.06. The fourth-order valence-electron chi connectivity index (χ4n) is 2.50. The Labute approximate surface area is 120 Å². The minimum absolute atomic E-state index is 0.141. The molecule has 0 saturated carbocycles. The summed E-state index contributed by atoms with van der Waals surface area (Å²) in [6.07, 6.45) is 3.52. The second-order valence-electron chi connectivity index (χ2n) is 5.69. The van der Waals surface area contributed by atoms with Crippen molar-refractivity contribution in [2.75, 3.05) is 27.2 Å². The molecule has 1 amide bonds. The quantitative estimate of drug-likeness (QED) is 0.900. The Balaban J connectivity index is 2.06. The average Bonchev–Trinajstić information content (AvgIpc) is 2.45. The first-order valence-corrected chi connectivity index (χ1v) is 7.31. The molecule has 5 nitrogen and oxygen atoms in total. The Morgan fingerprint density at radius 3 is 2.90 bits per heavy atom. The molecule has 1 N–H and O–H groups in total. The lowest BCUT2D eigenvalue weighted by molar-refractivity contribution is -0.128. The molecule has 0 aromatic carbocycles. The zero-order chi connectivity index (χ0) is 14.5. The number of nitrogens with zero attached hydrogens (tertiary/aromatic N) is 3. The van der Waals surface area contributed by atoms with E-state index >= 15 is 0 Å². The Bertz CT molecular complexity index is 467. The van der Waals surface area contributed by atoms with E-state index in [0.717, 1.165) is 36.7 Å². The predicted octanol–water partition coefficient (Wildman–Crippen LogP) is 1.27. The van der Waals surface area contributed by atoms with Gasteiger partial charge in [0.15, 0.2) is 0 Å². The van der Waals surface area contributed by atoms with Crippen LogP contribution in [0.25, 0.3) is 0 Å². The van der Waals surface area contributed by atoms with Gasteiger partial charge in [0.2, 0.25) is 5.91 Å². The summed E-state index contributed by atoms with van der Waals surface area (Å²) in [5.41, 5.74) is 1.97. The van der Waals surface area contributed by atoms with Crippen LogP contribution in [0, 0.1) is 6.92 Å². The zero-order valence-corrected chi connectivity index (χ0v) is 12.6. The molecule has 20 heavy (non-hydrogen) atoms. The fourth-order valence-corrected chi connectivity index (χ4v) is 2.50. The molecule has 2 rings (SSSR count). The van der Waals surface area contributed by atoms with Crippen molar-refractivity contribution in [2.24, 2.45) is 0 Å². The highest BCUT2D eigenvalue weighted by molar-refractivity contribution is 5.75. The van der Waals surface area contributed by atoms with E-state index in [1.165, 1.54) is 6.42 Å². The molecule has 1 aliphatic heterocycles. The lowest BCUT2D eigenvalue weighted by Gasteiger charge is -2.22. The van der Waals surface area contributed by atoms with E-state index in [0.29, 0.717) is 18.8 Å². The van der Waals surface area contributed by atoms with Crippen LogP contribution in [0.1, 0.15) is 42.4 Å². The van der Waals surface area contributed by atoms with Gasteiger partial charge in [0, 0.05) is 44.4 Å². The minimum Gasteiger partial charge on any atom is -0.349 e. The van der Waals surface area contributed by atoms with Gasteiger partial charge in [-0.1, -0.05) is 0 Å². The van der Waals surface area contributed by atoms with Crippen LogP contribution < -0.4 is 5.32 Å². The molecular formula is C15H24N4O. The number of carbonyl (C=O) groups is 1. The third-order valence-corrected chi connectivity index (χ3v) is 3.68. The van der Waals surface area contributed by atoms with Gasteiger partial charge in [-0.15, -0.1) is 0 Å². The maximum absolute atomic E-state index is 11.7. The number of hydrogen-bond donors (Lipinski definition) is 1. The van der Waals surface area contributed by atoms with Crippen LogP contribution in [0.5, 0.6) is 0 Å². The smallest absolute Gasteiger partial charge is 0.222 e. The van der Waals surface area contributed by atoms with Gasteiger partial charge in [-0.2, -0.15) is 0 Å². The maximum atomic E-state index is 11.7. The first-order chi connectivity index (χ1) is 9.56. The van der Waals surface area contributed by atoms with Crippen LogP contribution >= 0.6 is 0 Å². The van der Waals surface area contributed by atoms with Crippen LogP contribution in [0.15, 0.2) is 6.07 Å². The average molecular weight is 276 g/mol. The van der Waals surface area contributed by atoms with Crippen LogP contribution in [-0.2, 0) is 11.2 Å². The third kappa shape index (κ3) is 4.00. The van der Waals surface area contributed by atoms with Crippen molar-refractivity contribution in [2.45, 2.75) is 38.5 Å². The van der Waals surface area contributed by atoms with Gasteiger partial charge in [0.05, 0.1) is 0 Å². The monoisotopic (exact) mass is 276 g/mol. The van der Waals surface area contributed by atoms with E-state index in [1.54, 1.807) is 19.0 Å². The Hall–Kier alpha value is -1.49. The van der Waals surface area contributed by atoms with Crippen molar-refractivity contribution in [1.82, 2.24) is 20.2 Å². The Morgan fingerprint density at radius 2 is 2.25 bits per heavy atom. The molecule has 5 heteroatoms. The van der Waals surface area contributed by atoms with Crippen LogP contribution in [0.2, 0.25) is 0 Å². The molecule has 1 aromatic rings. The van der Waals surface area contributed by atoms with Gasteiger partial charge in [-0.3, -0.25) is 4.79 Å². The van der Waals surface area contributed by atoms with Crippen molar-refractivity contribution in [3.05, 3.63) is 23.3 Å². The molecule has 0 unspecified atom stereocenters. The molecule has 0 aliphatic carbocycles. The largest absolute Gasteiger partial charge is 0.349 e. The van der Waals surface area contributed by atoms with E-state index in [-0.39, 0.29) is 5.91 Å². The van der Waals surface area contributed by atoms with Crippen molar-refractivity contribution < 1.29 is 4.79 Å². The Morgan fingerprint density at radius 1 is 1.45 bits per heavy atom. The first kappa shape index (κ1) is 14.9. The van der Waals surface area contributed by atoms with Crippen molar-refractivity contribution in [3.63, 3.8) is 0 Å². The number of nitrogens with one attached hydrogen (secondary N) is 1. The molecule has 1 aliphatic rings. The molecule has 2 heterocycles. The van der Waals surface area contributed by atoms with E-state index in [4.69, 9.17) is 0 Å². The van der Waals surface area contributed by atoms with Crippen molar-refractivity contribution in [1.29, 1.82) is 0 Å². The molecule has 0 radical (unpaired) electrons. The number of aryl methyl sites for hydroxylation is 2. The molecule has 0 spiro atoms. The number of aromatic nitrogens is 2. The molecule has 1 fully saturated rings. The molecular weight excluding hydrogens is 252 g/mol. The SMILES string of the molecule is Cc1cc(CCC(=O)N(C)C)nc([C@@H]2CCCNC2)n1. The summed E-state index contributed by atoms with van der Waals surface area (Å²) in [4.78, 5) is 22.5. The highest BCUT2D eigenvalue weighted by Crippen LogP contribution is 2.20. The number of amides is 1. The van der Waals surface area contributed by atoms with Gasteiger partial charge < -0.3 is 10.2 Å². The summed E-state index contributed by atoms with van der Waals surface area (Å²) in [6, 6.07) is 1.99. The van der Waals surface area contributed by atoms with Gasteiger partial charge in [0.1, 0.15) is 5.82 Å². The summed E-state index contributed by atoms with van der Waals surface area (Å²) >= 11 is 0.